The maximum absolute atomic E-state index is 12.6. The van der Waals surface area contributed by atoms with Gasteiger partial charge in [-0.05, 0) is 44.2 Å². The number of rotatable bonds is 6. The van der Waals surface area contributed by atoms with E-state index in [1.165, 1.54) is 29.5 Å². The lowest BCUT2D eigenvalue weighted by atomic mass is 10.2. The second-order valence-electron chi connectivity index (χ2n) is 6.15. The number of thiazole rings is 1. The van der Waals surface area contributed by atoms with E-state index in [-0.39, 0.29) is 17.4 Å². The average Bonchev–Trinajstić information content (AvgIpc) is 3.02. The zero-order valence-electron chi connectivity index (χ0n) is 15.3. The Morgan fingerprint density at radius 3 is 2.57 bits per heavy atom. The molecule has 9 heteroatoms. The minimum absolute atomic E-state index is 0.0708. The maximum atomic E-state index is 12.6. The fourth-order valence-corrected chi connectivity index (χ4v) is 3.88. The van der Waals surface area contributed by atoms with Crippen LogP contribution >= 0.6 is 11.3 Å². The van der Waals surface area contributed by atoms with Gasteiger partial charge in [-0.1, -0.05) is 23.8 Å². The summed E-state index contributed by atoms with van der Waals surface area (Å²) in [5, 5.41) is 8.47. The van der Waals surface area contributed by atoms with Gasteiger partial charge in [0.05, 0.1) is 10.6 Å². The third-order valence-corrected chi connectivity index (χ3v) is 5.89. The number of nitrogens with one attached hydrogen (secondary N) is 1. The topological polar surface area (TPSA) is 111 Å². The minimum Gasteiger partial charge on any atom is -0.486 e. The highest BCUT2D eigenvalue weighted by Crippen LogP contribution is 2.22. The van der Waals surface area contributed by atoms with Crippen molar-refractivity contribution in [2.75, 3.05) is 5.32 Å². The molecule has 2 aromatic carbocycles. The number of hydrogen-bond donors (Lipinski definition) is 2. The molecule has 3 rings (SSSR count). The first-order valence-electron chi connectivity index (χ1n) is 8.32. The molecule has 0 aliphatic carbocycles. The number of hydrogen-bond acceptors (Lipinski definition) is 6. The molecule has 1 aromatic heterocycles. The van der Waals surface area contributed by atoms with E-state index in [0.29, 0.717) is 21.3 Å². The van der Waals surface area contributed by atoms with E-state index in [9.17, 15) is 13.2 Å². The first-order chi connectivity index (χ1) is 13.2. The Kier molecular flexibility index (Phi) is 5.78. The predicted molar refractivity (Wildman–Crippen MR) is 108 cm³/mol. The van der Waals surface area contributed by atoms with Crippen LogP contribution in [0, 0.1) is 13.8 Å². The van der Waals surface area contributed by atoms with E-state index < -0.39 is 10.0 Å². The van der Waals surface area contributed by atoms with Crippen LogP contribution < -0.4 is 15.2 Å². The number of aromatic nitrogens is 1. The summed E-state index contributed by atoms with van der Waals surface area (Å²) in [7, 11) is -3.84. The molecule has 0 aliphatic heterocycles. The Morgan fingerprint density at radius 2 is 1.89 bits per heavy atom. The maximum Gasteiger partial charge on any atom is 0.267 e. The van der Waals surface area contributed by atoms with Crippen molar-refractivity contribution in [2.45, 2.75) is 25.3 Å². The summed E-state index contributed by atoms with van der Waals surface area (Å²) in [5.74, 6) is 0.354. The van der Waals surface area contributed by atoms with Gasteiger partial charge in [0.1, 0.15) is 22.2 Å². The zero-order chi connectivity index (χ0) is 20.3. The highest BCUT2D eigenvalue weighted by Gasteiger charge is 2.17. The summed E-state index contributed by atoms with van der Waals surface area (Å²) in [6, 6.07) is 13.4. The van der Waals surface area contributed by atoms with Crippen molar-refractivity contribution in [3.63, 3.8) is 0 Å². The van der Waals surface area contributed by atoms with Crippen molar-refractivity contribution in [1.82, 2.24) is 4.98 Å². The molecule has 0 bridgehead atoms. The number of carbonyl (C=O) groups is 1. The molecule has 146 valence electrons. The number of nitrogens with two attached hydrogens (primary N) is 1. The van der Waals surface area contributed by atoms with Crippen LogP contribution in [0.15, 0.2) is 53.4 Å². The van der Waals surface area contributed by atoms with E-state index in [1.54, 1.807) is 13.0 Å². The summed E-state index contributed by atoms with van der Waals surface area (Å²) in [4.78, 5) is 17.3. The van der Waals surface area contributed by atoms with Crippen LogP contribution in [0.4, 0.5) is 5.69 Å². The summed E-state index contributed by atoms with van der Waals surface area (Å²) in [5.41, 5.74) is 2.05. The number of nitrogens with zero attached hydrogens (tertiary/aromatic N) is 1. The van der Waals surface area contributed by atoms with Gasteiger partial charge in [-0.3, -0.25) is 4.79 Å². The standard InChI is InChI=1S/C19H19N3O4S2/c1-12-6-8-15(9-7-12)26-11-17-21-13(2)18(27-17)19(23)22-14-4-3-5-16(10-14)28(20,24)25/h3-10H,11H2,1-2H3,(H,22,23)(H2,20,24,25). The quantitative estimate of drug-likeness (QED) is 0.639. The number of carbonyl (C=O) groups excluding carboxylic acids is 1. The molecule has 7 nitrogen and oxygen atoms in total. The number of aryl methyl sites for hydroxylation is 2. The van der Waals surface area contributed by atoms with Crippen molar-refractivity contribution in [3.05, 3.63) is 69.7 Å². The number of amides is 1. The second-order valence-corrected chi connectivity index (χ2v) is 8.80. The number of primary sulfonamides is 1. The molecule has 3 aromatic rings. The lowest BCUT2D eigenvalue weighted by Crippen LogP contribution is -2.14. The SMILES string of the molecule is Cc1ccc(OCc2nc(C)c(C(=O)Nc3cccc(S(N)(=O)=O)c3)s2)cc1. The van der Waals surface area contributed by atoms with Crippen molar-refractivity contribution in [1.29, 1.82) is 0 Å². The van der Waals surface area contributed by atoms with Gasteiger partial charge in [0.25, 0.3) is 5.91 Å². The van der Waals surface area contributed by atoms with Gasteiger partial charge in [0, 0.05) is 5.69 Å². The minimum atomic E-state index is -3.84. The summed E-state index contributed by atoms with van der Waals surface area (Å²) < 4.78 is 28.6. The van der Waals surface area contributed by atoms with Crippen LogP contribution in [0.1, 0.15) is 25.9 Å². The molecular formula is C19H19N3O4S2. The first-order valence-corrected chi connectivity index (χ1v) is 10.7. The van der Waals surface area contributed by atoms with Gasteiger partial charge in [-0.15, -0.1) is 11.3 Å². The second kappa shape index (κ2) is 8.09. The van der Waals surface area contributed by atoms with Crippen LogP contribution in [-0.2, 0) is 16.6 Å². The van der Waals surface area contributed by atoms with Gasteiger partial charge < -0.3 is 10.1 Å². The predicted octanol–water partition coefficient (Wildman–Crippen LogP) is 3.24. The Hall–Kier alpha value is -2.75. The van der Waals surface area contributed by atoms with E-state index >= 15 is 0 Å². The smallest absolute Gasteiger partial charge is 0.267 e. The van der Waals surface area contributed by atoms with Crippen molar-refractivity contribution in [3.8, 4) is 5.75 Å². The van der Waals surface area contributed by atoms with Crippen molar-refractivity contribution < 1.29 is 17.9 Å². The Morgan fingerprint density at radius 1 is 1.18 bits per heavy atom. The molecular weight excluding hydrogens is 398 g/mol. The van der Waals surface area contributed by atoms with Crippen molar-refractivity contribution >= 4 is 33.0 Å². The number of ether oxygens (including phenoxy) is 1. The van der Waals surface area contributed by atoms with Crippen LogP contribution in [-0.4, -0.2) is 19.3 Å². The molecule has 0 atom stereocenters. The van der Waals surface area contributed by atoms with E-state index in [2.05, 4.69) is 10.3 Å². The molecule has 3 N–H and O–H groups in total. The number of benzene rings is 2. The molecule has 0 saturated carbocycles. The zero-order valence-corrected chi connectivity index (χ0v) is 16.9. The Balaban J connectivity index is 1.70. The average molecular weight is 418 g/mol. The van der Waals surface area contributed by atoms with Gasteiger partial charge >= 0.3 is 0 Å². The van der Waals surface area contributed by atoms with Crippen LogP contribution in [0.3, 0.4) is 0 Å². The molecule has 0 unspecified atom stereocenters. The van der Waals surface area contributed by atoms with E-state index in [4.69, 9.17) is 9.88 Å². The monoisotopic (exact) mass is 417 g/mol. The van der Waals surface area contributed by atoms with Gasteiger partial charge in [-0.25, -0.2) is 18.5 Å². The Labute approximate surface area is 167 Å². The molecule has 0 spiro atoms. The van der Waals surface area contributed by atoms with E-state index in [1.807, 2.05) is 31.2 Å². The number of sulfonamides is 1. The van der Waals surface area contributed by atoms with Gasteiger partial charge in [0.15, 0.2) is 0 Å². The normalized spacial score (nSPS) is 11.2. The summed E-state index contributed by atoms with van der Waals surface area (Å²) in [6.45, 7) is 3.99. The summed E-state index contributed by atoms with van der Waals surface area (Å²) >= 11 is 1.23. The fraction of sp³-hybridized carbons (Fsp3) is 0.158. The molecule has 28 heavy (non-hydrogen) atoms. The Bertz CT molecular complexity index is 1110. The van der Waals surface area contributed by atoms with Crippen LogP contribution in [0.2, 0.25) is 0 Å². The third-order valence-electron chi connectivity index (χ3n) is 3.85. The third kappa shape index (κ3) is 4.94. The molecule has 1 heterocycles. The largest absolute Gasteiger partial charge is 0.486 e. The highest BCUT2D eigenvalue weighted by molar-refractivity contribution is 7.89. The summed E-state index contributed by atoms with van der Waals surface area (Å²) in [6.07, 6.45) is 0. The molecule has 0 aliphatic rings. The number of anilines is 1. The fourth-order valence-electron chi connectivity index (χ4n) is 2.44. The molecule has 0 saturated heterocycles. The molecule has 1 amide bonds. The van der Waals surface area contributed by atoms with Crippen LogP contribution in [0.5, 0.6) is 5.75 Å². The molecule has 0 fully saturated rings. The van der Waals surface area contributed by atoms with Crippen molar-refractivity contribution in [2.24, 2.45) is 5.14 Å². The lowest BCUT2D eigenvalue weighted by molar-refractivity contribution is 0.102. The van der Waals surface area contributed by atoms with Crippen LogP contribution in [0.25, 0.3) is 0 Å². The molecule has 0 radical (unpaired) electrons. The van der Waals surface area contributed by atoms with Gasteiger partial charge in [-0.2, -0.15) is 0 Å². The first kappa shape index (κ1) is 20.0. The van der Waals surface area contributed by atoms with E-state index in [0.717, 1.165) is 11.3 Å². The van der Waals surface area contributed by atoms with Gasteiger partial charge in [0.2, 0.25) is 10.0 Å². The lowest BCUT2D eigenvalue weighted by Gasteiger charge is -2.06. The highest BCUT2D eigenvalue weighted by atomic mass is 32.2.